The Bertz CT molecular complexity index is 459. The van der Waals surface area contributed by atoms with Gasteiger partial charge in [-0.25, -0.2) is 0 Å². The fourth-order valence-corrected chi connectivity index (χ4v) is 2.18. The van der Waals surface area contributed by atoms with Crippen molar-refractivity contribution in [3.8, 4) is 0 Å². The van der Waals surface area contributed by atoms with Gasteiger partial charge in [-0.15, -0.1) is 24.2 Å². The van der Waals surface area contributed by atoms with Crippen LogP contribution in [0.4, 0.5) is 5.69 Å². The Morgan fingerprint density at radius 1 is 1.27 bits per heavy atom. The predicted molar refractivity (Wildman–Crippen MR) is 88.8 cm³/mol. The molecule has 0 saturated carbocycles. The maximum absolute atomic E-state index is 11.6. The van der Waals surface area contributed by atoms with Gasteiger partial charge >= 0.3 is 0 Å². The molecule has 9 heteroatoms. The highest BCUT2D eigenvalue weighted by molar-refractivity contribution is 8.00. The third kappa shape index (κ3) is 8.83. The van der Waals surface area contributed by atoms with Crippen molar-refractivity contribution in [2.45, 2.75) is 4.90 Å². The number of non-ortho nitro benzene ring substituents is 1. The first kappa shape index (κ1) is 20.6. The van der Waals surface area contributed by atoms with Crippen LogP contribution >= 0.6 is 24.2 Å². The van der Waals surface area contributed by atoms with E-state index in [2.05, 4.69) is 10.6 Å². The smallest absolute Gasteiger partial charge is 0.269 e. The van der Waals surface area contributed by atoms with E-state index in [4.69, 9.17) is 4.74 Å². The van der Waals surface area contributed by atoms with Gasteiger partial charge in [-0.1, -0.05) is 0 Å². The third-order valence-electron chi connectivity index (χ3n) is 2.52. The van der Waals surface area contributed by atoms with Crippen LogP contribution in [0.3, 0.4) is 0 Å². The number of benzene rings is 1. The summed E-state index contributed by atoms with van der Waals surface area (Å²) in [6, 6.07) is 6.14. The standard InChI is InChI=1S/C13H19N3O4S.ClH/c1-20-9-8-14-6-7-15-13(17)10-21-12-4-2-11(3-5-12)16(18)19;/h2-5,14H,6-10H2,1H3,(H,15,17);1H. The number of nitrogens with zero attached hydrogens (tertiary/aromatic N) is 1. The van der Waals surface area contributed by atoms with Crippen molar-refractivity contribution in [3.63, 3.8) is 0 Å². The maximum atomic E-state index is 11.6. The van der Waals surface area contributed by atoms with Gasteiger partial charge in [0.2, 0.25) is 5.91 Å². The van der Waals surface area contributed by atoms with Gasteiger partial charge < -0.3 is 15.4 Å². The Morgan fingerprint density at radius 2 is 1.95 bits per heavy atom. The molecule has 1 aromatic rings. The molecule has 124 valence electrons. The molecule has 0 fully saturated rings. The van der Waals surface area contributed by atoms with E-state index in [0.29, 0.717) is 19.7 Å². The molecule has 0 aromatic heterocycles. The first-order valence-electron chi connectivity index (χ1n) is 6.47. The number of methoxy groups -OCH3 is 1. The van der Waals surface area contributed by atoms with Crippen LogP contribution in [0.5, 0.6) is 0 Å². The van der Waals surface area contributed by atoms with Crippen LogP contribution < -0.4 is 10.6 Å². The van der Waals surface area contributed by atoms with E-state index in [1.807, 2.05) is 0 Å². The van der Waals surface area contributed by atoms with Gasteiger partial charge in [0.1, 0.15) is 0 Å². The molecule has 0 radical (unpaired) electrons. The number of hydrogen-bond donors (Lipinski definition) is 2. The van der Waals surface area contributed by atoms with E-state index >= 15 is 0 Å². The number of halogens is 1. The summed E-state index contributed by atoms with van der Waals surface area (Å²) in [6.07, 6.45) is 0. The average molecular weight is 350 g/mol. The minimum Gasteiger partial charge on any atom is -0.383 e. The average Bonchev–Trinajstić information content (AvgIpc) is 2.49. The highest BCUT2D eigenvalue weighted by Gasteiger charge is 2.06. The number of thioether (sulfide) groups is 1. The fraction of sp³-hybridized carbons (Fsp3) is 0.462. The lowest BCUT2D eigenvalue weighted by Crippen LogP contribution is -2.33. The molecule has 0 aliphatic carbocycles. The summed E-state index contributed by atoms with van der Waals surface area (Å²) >= 11 is 1.35. The summed E-state index contributed by atoms with van der Waals surface area (Å²) < 4.78 is 4.88. The van der Waals surface area contributed by atoms with Gasteiger partial charge in [-0.3, -0.25) is 14.9 Å². The largest absolute Gasteiger partial charge is 0.383 e. The predicted octanol–water partition coefficient (Wildman–Crippen LogP) is 1.46. The molecule has 22 heavy (non-hydrogen) atoms. The lowest BCUT2D eigenvalue weighted by Gasteiger charge is -2.06. The molecule has 0 bridgehead atoms. The number of amides is 1. The van der Waals surface area contributed by atoms with Crippen molar-refractivity contribution in [2.24, 2.45) is 0 Å². The van der Waals surface area contributed by atoms with Crippen LogP contribution in [-0.2, 0) is 9.53 Å². The number of nitro benzene ring substituents is 1. The van der Waals surface area contributed by atoms with Crippen LogP contribution in [0.1, 0.15) is 0 Å². The first-order chi connectivity index (χ1) is 10.1. The van der Waals surface area contributed by atoms with Crippen molar-refractivity contribution < 1.29 is 14.5 Å². The Hall–Kier alpha value is -1.35. The van der Waals surface area contributed by atoms with E-state index in [1.54, 1.807) is 19.2 Å². The summed E-state index contributed by atoms with van der Waals surface area (Å²) in [4.78, 5) is 22.5. The quantitative estimate of drug-likeness (QED) is 0.287. The molecule has 0 aliphatic rings. The third-order valence-corrected chi connectivity index (χ3v) is 3.54. The molecule has 0 unspecified atom stereocenters. The van der Waals surface area contributed by atoms with Crippen LogP contribution in [0.2, 0.25) is 0 Å². The second-order valence-electron chi connectivity index (χ2n) is 4.13. The minimum atomic E-state index is -0.447. The zero-order valence-electron chi connectivity index (χ0n) is 12.2. The van der Waals surface area contributed by atoms with Crippen LogP contribution in [-0.4, -0.2) is 49.9 Å². The van der Waals surface area contributed by atoms with Crippen molar-refractivity contribution in [1.82, 2.24) is 10.6 Å². The molecule has 0 atom stereocenters. The number of carbonyl (C=O) groups is 1. The number of ether oxygens (including phenoxy) is 1. The van der Waals surface area contributed by atoms with Gasteiger partial charge in [0.15, 0.2) is 0 Å². The molecule has 0 aliphatic heterocycles. The Balaban J connectivity index is 0.00000441. The van der Waals surface area contributed by atoms with Crippen LogP contribution in [0.15, 0.2) is 29.2 Å². The lowest BCUT2D eigenvalue weighted by molar-refractivity contribution is -0.384. The Kier molecular flexibility index (Phi) is 11.5. The first-order valence-corrected chi connectivity index (χ1v) is 7.45. The fourth-order valence-electron chi connectivity index (χ4n) is 1.45. The van der Waals surface area contributed by atoms with Gasteiger partial charge in [0.25, 0.3) is 5.69 Å². The van der Waals surface area contributed by atoms with E-state index in [0.717, 1.165) is 11.4 Å². The summed E-state index contributed by atoms with van der Waals surface area (Å²) in [5, 5.41) is 16.4. The molecule has 1 aromatic carbocycles. The van der Waals surface area contributed by atoms with Crippen molar-refractivity contribution >= 4 is 35.8 Å². The summed E-state index contributed by atoms with van der Waals surface area (Å²) in [5.74, 6) is 0.225. The summed E-state index contributed by atoms with van der Waals surface area (Å²) in [7, 11) is 1.64. The highest BCUT2D eigenvalue weighted by Crippen LogP contribution is 2.20. The van der Waals surface area contributed by atoms with E-state index in [-0.39, 0.29) is 29.8 Å². The summed E-state index contributed by atoms with van der Waals surface area (Å²) in [5.41, 5.74) is 0.0472. The maximum Gasteiger partial charge on any atom is 0.269 e. The van der Waals surface area contributed by atoms with Crippen LogP contribution in [0, 0.1) is 10.1 Å². The molecular formula is C13H20ClN3O4S. The second kappa shape index (κ2) is 12.2. The molecule has 1 amide bonds. The van der Waals surface area contributed by atoms with E-state index in [1.165, 1.54) is 23.9 Å². The number of nitrogens with one attached hydrogen (secondary N) is 2. The molecule has 7 nitrogen and oxygen atoms in total. The Morgan fingerprint density at radius 3 is 2.55 bits per heavy atom. The molecular weight excluding hydrogens is 330 g/mol. The van der Waals surface area contributed by atoms with Gasteiger partial charge in [-0.05, 0) is 12.1 Å². The van der Waals surface area contributed by atoms with Crippen molar-refractivity contribution in [3.05, 3.63) is 34.4 Å². The van der Waals surface area contributed by atoms with Gasteiger partial charge in [0, 0.05) is 43.8 Å². The zero-order valence-corrected chi connectivity index (χ0v) is 13.9. The zero-order chi connectivity index (χ0) is 15.5. The lowest BCUT2D eigenvalue weighted by atomic mass is 10.3. The number of carbonyl (C=O) groups excluding carboxylic acids is 1. The van der Waals surface area contributed by atoms with Crippen molar-refractivity contribution in [2.75, 3.05) is 39.1 Å². The van der Waals surface area contributed by atoms with E-state index < -0.39 is 4.92 Å². The number of hydrogen-bond acceptors (Lipinski definition) is 6. The minimum absolute atomic E-state index is 0. The highest BCUT2D eigenvalue weighted by atomic mass is 35.5. The topological polar surface area (TPSA) is 93.5 Å². The monoisotopic (exact) mass is 349 g/mol. The van der Waals surface area contributed by atoms with Gasteiger partial charge in [-0.2, -0.15) is 0 Å². The molecule has 0 spiro atoms. The number of nitro groups is 1. The summed E-state index contributed by atoms with van der Waals surface area (Å²) in [6.45, 7) is 2.65. The molecule has 0 saturated heterocycles. The van der Waals surface area contributed by atoms with Crippen LogP contribution in [0.25, 0.3) is 0 Å². The second-order valence-corrected chi connectivity index (χ2v) is 5.18. The van der Waals surface area contributed by atoms with Gasteiger partial charge in [0.05, 0.1) is 17.3 Å². The molecule has 0 heterocycles. The molecule has 1 rings (SSSR count). The number of rotatable bonds is 10. The normalized spacial score (nSPS) is 9.86. The molecule has 2 N–H and O–H groups in total. The Labute approximate surface area is 139 Å². The van der Waals surface area contributed by atoms with Crippen molar-refractivity contribution in [1.29, 1.82) is 0 Å². The van der Waals surface area contributed by atoms with E-state index in [9.17, 15) is 14.9 Å². The SMILES string of the molecule is COCCNCCNC(=O)CSc1ccc([N+](=O)[O-])cc1.Cl.